The van der Waals surface area contributed by atoms with Crippen LogP contribution in [0.25, 0.3) is 0 Å². The summed E-state index contributed by atoms with van der Waals surface area (Å²) in [5, 5.41) is 2.62. The Balaban J connectivity index is 2.10. The van der Waals surface area contributed by atoms with Crippen LogP contribution in [-0.4, -0.2) is 12.5 Å². The lowest BCUT2D eigenvalue weighted by Crippen LogP contribution is -2.21. The van der Waals surface area contributed by atoms with Gasteiger partial charge in [-0.3, -0.25) is 4.79 Å². The van der Waals surface area contributed by atoms with Gasteiger partial charge in [0.15, 0.2) is 0 Å². The molecule has 2 aromatic carbocycles. The number of benzene rings is 2. The smallest absolute Gasteiger partial charge is 0.238 e. The van der Waals surface area contributed by atoms with E-state index in [1.165, 1.54) is 24.3 Å². The average molecular weight is 260 g/mol. The van der Waals surface area contributed by atoms with Crippen molar-refractivity contribution >= 4 is 11.6 Å². The quantitative estimate of drug-likeness (QED) is 0.887. The largest absolute Gasteiger partial charge is 0.457 e. The van der Waals surface area contributed by atoms with Crippen molar-refractivity contribution in [2.45, 2.75) is 0 Å². The first kappa shape index (κ1) is 13.0. The molecule has 0 unspecified atom stereocenters. The summed E-state index contributed by atoms with van der Waals surface area (Å²) in [5.74, 6) is 0.459. The maximum Gasteiger partial charge on any atom is 0.238 e. The Hall–Kier alpha value is -2.40. The van der Waals surface area contributed by atoms with Crippen LogP contribution < -0.4 is 15.8 Å². The predicted octanol–water partition coefficient (Wildman–Crippen LogP) is 2.52. The molecule has 0 saturated carbocycles. The van der Waals surface area contributed by atoms with Gasteiger partial charge < -0.3 is 15.8 Å². The molecule has 0 aliphatic rings. The lowest BCUT2D eigenvalue weighted by atomic mass is 10.3. The van der Waals surface area contributed by atoms with Crippen molar-refractivity contribution in [2.24, 2.45) is 5.73 Å². The van der Waals surface area contributed by atoms with E-state index >= 15 is 0 Å². The highest BCUT2D eigenvalue weighted by atomic mass is 19.1. The summed E-state index contributed by atoms with van der Waals surface area (Å²) in [4.78, 5) is 11.2. The van der Waals surface area contributed by atoms with E-state index in [-0.39, 0.29) is 18.3 Å². The number of carbonyl (C=O) groups is 1. The zero-order valence-corrected chi connectivity index (χ0v) is 10.1. The van der Waals surface area contributed by atoms with Crippen LogP contribution in [0.1, 0.15) is 0 Å². The van der Waals surface area contributed by atoms with Crippen molar-refractivity contribution in [2.75, 3.05) is 11.9 Å². The van der Waals surface area contributed by atoms with Gasteiger partial charge >= 0.3 is 0 Å². The second kappa shape index (κ2) is 5.97. The topological polar surface area (TPSA) is 64.4 Å². The molecule has 2 rings (SSSR count). The second-order valence-electron chi connectivity index (χ2n) is 3.84. The lowest BCUT2D eigenvalue weighted by molar-refractivity contribution is -0.114. The Kier molecular flexibility index (Phi) is 4.10. The van der Waals surface area contributed by atoms with Gasteiger partial charge in [0, 0.05) is 11.8 Å². The van der Waals surface area contributed by atoms with Crippen molar-refractivity contribution in [3.8, 4) is 11.5 Å². The van der Waals surface area contributed by atoms with Crippen molar-refractivity contribution in [1.29, 1.82) is 0 Å². The Morgan fingerprint density at radius 3 is 2.58 bits per heavy atom. The molecule has 0 heterocycles. The molecule has 98 valence electrons. The first-order valence-corrected chi connectivity index (χ1v) is 5.71. The highest BCUT2D eigenvalue weighted by molar-refractivity contribution is 5.92. The van der Waals surface area contributed by atoms with E-state index in [4.69, 9.17) is 10.5 Å². The number of carbonyl (C=O) groups excluding carboxylic acids is 1. The van der Waals surface area contributed by atoms with Gasteiger partial charge in [-0.15, -0.1) is 0 Å². The van der Waals surface area contributed by atoms with E-state index in [9.17, 15) is 9.18 Å². The van der Waals surface area contributed by atoms with Gasteiger partial charge in [0.1, 0.15) is 17.3 Å². The fourth-order valence-corrected chi connectivity index (χ4v) is 1.49. The minimum Gasteiger partial charge on any atom is -0.457 e. The number of hydrogen-bond acceptors (Lipinski definition) is 3. The van der Waals surface area contributed by atoms with Crippen LogP contribution in [0.2, 0.25) is 0 Å². The Morgan fingerprint density at radius 2 is 1.89 bits per heavy atom. The van der Waals surface area contributed by atoms with E-state index in [2.05, 4.69) is 5.32 Å². The van der Waals surface area contributed by atoms with E-state index in [1.807, 2.05) is 0 Å². The van der Waals surface area contributed by atoms with Crippen LogP contribution >= 0.6 is 0 Å². The first-order valence-electron chi connectivity index (χ1n) is 5.71. The van der Waals surface area contributed by atoms with Crippen LogP contribution in [0.15, 0.2) is 48.5 Å². The molecule has 2 aromatic rings. The monoisotopic (exact) mass is 260 g/mol. The minimum atomic E-state index is -0.323. The Labute approximate surface area is 110 Å². The number of rotatable bonds is 4. The van der Waals surface area contributed by atoms with E-state index < -0.39 is 0 Å². The zero-order chi connectivity index (χ0) is 13.7. The molecule has 0 saturated heterocycles. The molecule has 4 nitrogen and oxygen atoms in total. The van der Waals surface area contributed by atoms with Crippen LogP contribution in [-0.2, 0) is 4.79 Å². The van der Waals surface area contributed by atoms with Crippen molar-refractivity contribution in [3.63, 3.8) is 0 Å². The first-order chi connectivity index (χ1) is 9.17. The molecular formula is C14H13FN2O2. The predicted molar refractivity (Wildman–Crippen MR) is 70.6 cm³/mol. The average Bonchev–Trinajstić information content (AvgIpc) is 2.42. The van der Waals surface area contributed by atoms with Crippen molar-refractivity contribution < 1.29 is 13.9 Å². The SMILES string of the molecule is NCC(=O)Nc1cccc(Oc2ccc(F)cc2)c1. The second-order valence-corrected chi connectivity index (χ2v) is 3.84. The number of nitrogens with two attached hydrogens (primary N) is 1. The standard InChI is InChI=1S/C14H13FN2O2/c15-10-4-6-12(7-5-10)19-13-3-1-2-11(8-13)17-14(18)9-16/h1-8H,9,16H2,(H,17,18). The molecule has 5 heteroatoms. The molecular weight excluding hydrogens is 247 g/mol. The van der Waals surface area contributed by atoms with E-state index in [0.29, 0.717) is 17.2 Å². The molecule has 0 fully saturated rings. The zero-order valence-electron chi connectivity index (χ0n) is 10.1. The van der Waals surface area contributed by atoms with Crippen molar-refractivity contribution in [1.82, 2.24) is 0 Å². The summed E-state index contributed by atoms with van der Waals surface area (Å²) in [7, 11) is 0. The van der Waals surface area contributed by atoms with Gasteiger partial charge in [-0.2, -0.15) is 0 Å². The Bertz CT molecular complexity index is 570. The van der Waals surface area contributed by atoms with Crippen LogP contribution in [0.4, 0.5) is 10.1 Å². The van der Waals surface area contributed by atoms with Gasteiger partial charge in [0.2, 0.25) is 5.91 Å². The molecule has 0 radical (unpaired) electrons. The third-order valence-electron chi connectivity index (χ3n) is 2.35. The summed E-state index contributed by atoms with van der Waals surface area (Å²) in [5.41, 5.74) is 5.81. The molecule has 1 amide bonds. The summed E-state index contributed by atoms with van der Waals surface area (Å²) in [6.07, 6.45) is 0. The third kappa shape index (κ3) is 3.79. The number of amides is 1. The number of nitrogens with one attached hydrogen (secondary N) is 1. The van der Waals surface area contributed by atoms with Gasteiger partial charge in [0.25, 0.3) is 0 Å². The molecule has 3 N–H and O–H groups in total. The molecule has 0 bridgehead atoms. The summed E-state index contributed by atoms with van der Waals surface area (Å²) in [6.45, 7) is -0.0803. The molecule has 0 aromatic heterocycles. The normalized spacial score (nSPS) is 10.0. The van der Waals surface area contributed by atoms with Crippen molar-refractivity contribution in [3.05, 3.63) is 54.3 Å². The van der Waals surface area contributed by atoms with Crippen LogP contribution in [0, 0.1) is 5.82 Å². The van der Waals surface area contributed by atoms with Gasteiger partial charge in [-0.1, -0.05) is 6.07 Å². The van der Waals surface area contributed by atoms with Gasteiger partial charge in [0.05, 0.1) is 6.54 Å². The van der Waals surface area contributed by atoms with E-state index in [1.54, 1.807) is 24.3 Å². The summed E-state index contributed by atoms with van der Waals surface area (Å²) < 4.78 is 18.3. The fourth-order valence-electron chi connectivity index (χ4n) is 1.49. The number of ether oxygens (including phenoxy) is 1. The Morgan fingerprint density at radius 1 is 1.16 bits per heavy atom. The number of hydrogen-bond donors (Lipinski definition) is 2. The molecule has 0 aliphatic heterocycles. The lowest BCUT2D eigenvalue weighted by Gasteiger charge is -2.08. The van der Waals surface area contributed by atoms with Crippen LogP contribution in [0.3, 0.4) is 0 Å². The number of anilines is 1. The molecule has 0 aliphatic carbocycles. The minimum absolute atomic E-state index is 0.0803. The third-order valence-corrected chi connectivity index (χ3v) is 2.35. The molecule has 19 heavy (non-hydrogen) atoms. The van der Waals surface area contributed by atoms with Gasteiger partial charge in [-0.05, 0) is 36.4 Å². The van der Waals surface area contributed by atoms with E-state index in [0.717, 1.165) is 0 Å². The fraction of sp³-hybridized carbons (Fsp3) is 0.0714. The maximum atomic E-state index is 12.8. The highest BCUT2D eigenvalue weighted by Gasteiger charge is 2.02. The van der Waals surface area contributed by atoms with Gasteiger partial charge in [-0.25, -0.2) is 4.39 Å². The maximum absolute atomic E-state index is 12.8. The highest BCUT2D eigenvalue weighted by Crippen LogP contribution is 2.24. The molecule has 0 atom stereocenters. The summed E-state index contributed by atoms with van der Waals surface area (Å²) in [6, 6.07) is 12.6. The molecule has 0 spiro atoms. The number of halogens is 1. The van der Waals surface area contributed by atoms with Crippen LogP contribution in [0.5, 0.6) is 11.5 Å². The summed E-state index contributed by atoms with van der Waals surface area (Å²) >= 11 is 0.